The van der Waals surface area contributed by atoms with Crippen molar-refractivity contribution in [3.8, 4) is 0 Å². The molecule has 0 fully saturated rings. The number of carbonyl (C=O) groups is 1. The number of aromatic nitrogens is 2. The lowest BCUT2D eigenvalue weighted by Gasteiger charge is -2.14. The van der Waals surface area contributed by atoms with Crippen molar-refractivity contribution >= 4 is 35.8 Å². The average molecular weight is 498 g/mol. The van der Waals surface area contributed by atoms with Gasteiger partial charge in [-0.3, -0.25) is 14.5 Å². The Bertz CT molecular complexity index is 732. The molecule has 0 radical (unpaired) electrons. The highest BCUT2D eigenvalue weighted by Crippen LogP contribution is 2.06. The molecule has 1 aromatic heterocycles. The highest BCUT2D eigenvalue weighted by atomic mass is 127. The number of aliphatic imine (C=N–C) groups is 1. The van der Waals surface area contributed by atoms with Crippen LogP contribution < -0.4 is 16.0 Å². The zero-order valence-corrected chi connectivity index (χ0v) is 19.1. The molecule has 1 unspecified atom stereocenters. The summed E-state index contributed by atoms with van der Waals surface area (Å²) in [6.07, 6.45) is 5.60. The molecule has 0 saturated carbocycles. The summed E-state index contributed by atoms with van der Waals surface area (Å²) < 4.78 is 1.91. The first-order valence-electron chi connectivity index (χ1n) is 9.44. The van der Waals surface area contributed by atoms with Gasteiger partial charge in [0.1, 0.15) is 0 Å². The smallest absolute Gasteiger partial charge is 0.251 e. The Balaban J connectivity index is 0.00000392. The summed E-state index contributed by atoms with van der Waals surface area (Å²) >= 11 is 0. The maximum Gasteiger partial charge on any atom is 0.251 e. The highest BCUT2D eigenvalue weighted by molar-refractivity contribution is 14.0. The molecule has 0 aliphatic heterocycles. The number of carbonyl (C=O) groups excluding carboxylic acids is 1. The second-order valence-corrected chi connectivity index (χ2v) is 6.46. The standard InChI is InChI=1S/C20H30N6O.HI/c1-4-16(2)25-19(27)18-9-5-8-17(14-18)15-23-20(21-3)22-10-6-12-26-13-7-11-24-26;/h5,7-9,11,13-14,16H,4,6,10,12,15H2,1-3H3,(H,25,27)(H2,21,22,23);1H. The molecule has 1 amide bonds. The number of aryl methyl sites for hydroxylation is 1. The lowest BCUT2D eigenvalue weighted by molar-refractivity contribution is 0.0939. The Morgan fingerprint density at radius 3 is 2.79 bits per heavy atom. The lowest BCUT2D eigenvalue weighted by Crippen LogP contribution is -2.37. The van der Waals surface area contributed by atoms with Gasteiger partial charge in [-0.25, -0.2) is 0 Å². The van der Waals surface area contributed by atoms with E-state index in [1.807, 2.05) is 48.1 Å². The number of benzene rings is 1. The van der Waals surface area contributed by atoms with Crippen LogP contribution >= 0.6 is 24.0 Å². The number of halogens is 1. The van der Waals surface area contributed by atoms with Crippen LogP contribution in [0.5, 0.6) is 0 Å². The molecule has 1 aromatic carbocycles. The summed E-state index contributed by atoms with van der Waals surface area (Å²) in [4.78, 5) is 16.5. The monoisotopic (exact) mass is 498 g/mol. The first-order chi connectivity index (χ1) is 13.1. The van der Waals surface area contributed by atoms with Gasteiger partial charge in [0, 0.05) is 50.7 Å². The second kappa shape index (κ2) is 13.1. The minimum atomic E-state index is -0.0349. The van der Waals surface area contributed by atoms with Crippen molar-refractivity contribution in [2.75, 3.05) is 13.6 Å². The lowest BCUT2D eigenvalue weighted by atomic mass is 10.1. The molecule has 0 saturated heterocycles. The summed E-state index contributed by atoms with van der Waals surface area (Å²) in [5.41, 5.74) is 1.71. The van der Waals surface area contributed by atoms with E-state index in [-0.39, 0.29) is 35.9 Å². The zero-order chi connectivity index (χ0) is 19.5. The largest absolute Gasteiger partial charge is 0.356 e. The van der Waals surface area contributed by atoms with E-state index in [9.17, 15) is 4.79 Å². The molecular formula is C20H31IN6O. The normalized spacial score (nSPS) is 12.0. The van der Waals surface area contributed by atoms with E-state index < -0.39 is 0 Å². The first-order valence-corrected chi connectivity index (χ1v) is 9.44. The van der Waals surface area contributed by atoms with Gasteiger partial charge in [-0.05, 0) is 43.5 Å². The first kappa shape index (κ1) is 23.9. The Kier molecular flexibility index (Phi) is 11.2. The van der Waals surface area contributed by atoms with Gasteiger partial charge >= 0.3 is 0 Å². The van der Waals surface area contributed by atoms with Gasteiger partial charge in [0.2, 0.25) is 0 Å². The molecule has 28 heavy (non-hydrogen) atoms. The van der Waals surface area contributed by atoms with Gasteiger partial charge in [-0.1, -0.05) is 19.1 Å². The van der Waals surface area contributed by atoms with Crippen LogP contribution in [-0.2, 0) is 13.1 Å². The van der Waals surface area contributed by atoms with Crippen molar-refractivity contribution in [3.63, 3.8) is 0 Å². The molecule has 1 heterocycles. The van der Waals surface area contributed by atoms with E-state index in [2.05, 4.69) is 33.0 Å². The van der Waals surface area contributed by atoms with Crippen LogP contribution in [0.1, 0.15) is 42.6 Å². The molecule has 0 bridgehead atoms. The molecule has 7 nitrogen and oxygen atoms in total. The van der Waals surface area contributed by atoms with Crippen molar-refractivity contribution < 1.29 is 4.79 Å². The number of rotatable bonds is 9. The number of hydrogen-bond acceptors (Lipinski definition) is 3. The van der Waals surface area contributed by atoms with Gasteiger partial charge in [0.05, 0.1) is 0 Å². The molecular weight excluding hydrogens is 467 g/mol. The predicted octanol–water partition coefficient (Wildman–Crippen LogP) is 2.78. The van der Waals surface area contributed by atoms with Gasteiger partial charge in [0.25, 0.3) is 5.91 Å². The SMILES string of the molecule is CCC(C)NC(=O)c1cccc(CNC(=NC)NCCCn2cccn2)c1.I. The minimum absolute atomic E-state index is 0. The highest BCUT2D eigenvalue weighted by Gasteiger charge is 2.09. The van der Waals surface area contributed by atoms with Crippen LogP contribution in [0.3, 0.4) is 0 Å². The van der Waals surface area contributed by atoms with E-state index in [0.29, 0.717) is 12.1 Å². The van der Waals surface area contributed by atoms with Crippen molar-refractivity contribution in [2.24, 2.45) is 4.99 Å². The van der Waals surface area contributed by atoms with Crippen LogP contribution in [0.25, 0.3) is 0 Å². The van der Waals surface area contributed by atoms with Gasteiger partial charge in [0.15, 0.2) is 5.96 Å². The second-order valence-electron chi connectivity index (χ2n) is 6.46. The Hall–Kier alpha value is -2.10. The average Bonchev–Trinajstić information content (AvgIpc) is 3.21. The molecule has 0 spiro atoms. The Morgan fingerprint density at radius 2 is 2.11 bits per heavy atom. The van der Waals surface area contributed by atoms with E-state index in [1.54, 1.807) is 13.2 Å². The summed E-state index contributed by atoms with van der Waals surface area (Å²) in [5, 5.41) is 13.8. The Labute approximate surface area is 184 Å². The zero-order valence-electron chi connectivity index (χ0n) is 16.8. The quantitative estimate of drug-likeness (QED) is 0.215. The van der Waals surface area contributed by atoms with Crippen molar-refractivity contribution in [1.82, 2.24) is 25.7 Å². The molecule has 0 aliphatic carbocycles. The number of nitrogens with one attached hydrogen (secondary N) is 3. The maximum absolute atomic E-state index is 12.3. The van der Waals surface area contributed by atoms with Crippen LogP contribution in [0.4, 0.5) is 0 Å². The summed E-state index contributed by atoms with van der Waals surface area (Å²) in [5.74, 6) is 0.706. The van der Waals surface area contributed by atoms with E-state index in [0.717, 1.165) is 37.5 Å². The molecule has 154 valence electrons. The summed E-state index contributed by atoms with van der Waals surface area (Å²) in [7, 11) is 1.75. The number of amides is 1. The topological polar surface area (TPSA) is 83.3 Å². The Morgan fingerprint density at radius 1 is 1.29 bits per heavy atom. The van der Waals surface area contributed by atoms with Gasteiger partial charge in [-0.15, -0.1) is 24.0 Å². The molecule has 2 aromatic rings. The van der Waals surface area contributed by atoms with Crippen molar-refractivity contribution in [2.45, 2.75) is 45.8 Å². The molecule has 2 rings (SSSR count). The molecule has 1 atom stereocenters. The fourth-order valence-corrected chi connectivity index (χ4v) is 2.52. The van der Waals surface area contributed by atoms with Crippen LogP contribution in [0.15, 0.2) is 47.7 Å². The van der Waals surface area contributed by atoms with Crippen molar-refractivity contribution in [1.29, 1.82) is 0 Å². The molecule has 0 aliphatic rings. The third-order valence-corrected chi connectivity index (χ3v) is 4.28. The fraction of sp³-hybridized carbons (Fsp3) is 0.450. The van der Waals surface area contributed by atoms with Gasteiger partial charge in [-0.2, -0.15) is 5.10 Å². The summed E-state index contributed by atoms with van der Waals surface area (Å²) in [6.45, 7) is 6.33. The number of nitrogens with zero attached hydrogens (tertiary/aromatic N) is 3. The van der Waals surface area contributed by atoms with E-state index >= 15 is 0 Å². The predicted molar refractivity (Wildman–Crippen MR) is 124 cm³/mol. The van der Waals surface area contributed by atoms with Crippen LogP contribution in [0, 0.1) is 0 Å². The van der Waals surface area contributed by atoms with E-state index in [4.69, 9.17) is 0 Å². The molecule has 3 N–H and O–H groups in total. The van der Waals surface area contributed by atoms with Crippen LogP contribution in [-0.4, -0.2) is 41.3 Å². The minimum Gasteiger partial charge on any atom is -0.356 e. The van der Waals surface area contributed by atoms with Crippen LogP contribution in [0.2, 0.25) is 0 Å². The number of guanidine groups is 1. The van der Waals surface area contributed by atoms with Gasteiger partial charge < -0.3 is 16.0 Å². The third-order valence-electron chi connectivity index (χ3n) is 4.28. The van der Waals surface area contributed by atoms with E-state index in [1.165, 1.54) is 0 Å². The van der Waals surface area contributed by atoms with Crippen molar-refractivity contribution in [3.05, 3.63) is 53.9 Å². The third kappa shape index (κ3) is 8.28. The summed E-state index contributed by atoms with van der Waals surface area (Å²) in [6, 6.07) is 9.75. The fourth-order valence-electron chi connectivity index (χ4n) is 2.52. The molecule has 8 heteroatoms. The maximum atomic E-state index is 12.3. The number of hydrogen-bond donors (Lipinski definition) is 3.